The Kier molecular flexibility index (Phi) is 3.60. The van der Waals surface area contributed by atoms with Crippen LogP contribution in [0.5, 0.6) is 0 Å². The molecule has 0 bridgehead atoms. The van der Waals surface area contributed by atoms with E-state index in [0.717, 1.165) is 24.5 Å². The number of anilines is 2. The van der Waals surface area contributed by atoms with Gasteiger partial charge in [-0.2, -0.15) is 0 Å². The maximum Gasteiger partial charge on any atom is 0.328 e. The molecular weight excluding hydrogens is 270 g/mol. The Morgan fingerprint density at radius 1 is 0.810 bits per heavy atom. The summed E-state index contributed by atoms with van der Waals surface area (Å²) in [5.41, 5.74) is 1.83. The number of rotatable bonds is 2. The van der Waals surface area contributed by atoms with E-state index in [0.29, 0.717) is 31.6 Å². The van der Waals surface area contributed by atoms with E-state index in [1.54, 1.807) is 4.90 Å². The Morgan fingerprint density at radius 2 is 1.43 bits per heavy atom. The molecule has 3 rings (SSSR count). The van der Waals surface area contributed by atoms with E-state index in [2.05, 4.69) is 10.2 Å². The highest BCUT2D eigenvalue weighted by Crippen LogP contribution is 2.24. The van der Waals surface area contributed by atoms with E-state index >= 15 is 0 Å². The number of benzene rings is 1. The summed E-state index contributed by atoms with van der Waals surface area (Å²) in [6.07, 6.45) is 1.51. The Morgan fingerprint density at radius 3 is 2.05 bits per heavy atom. The van der Waals surface area contributed by atoms with Crippen molar-refractivity contribution in [1.29, 1.82) is 0 Å². The lowest BCUT2D eigenvalue weighted by molar-refractivity contribution is -0.120. The van der Waals surface area contributed by atoms with Gasteiger partial charge in [-0.25, -0.2) is 4.79 Å². The fraction of sp³-hybridized carbons (Fsp3) is 0.400. The molecule has 0 spiro atoms. The number of ketones is 1. The minimum Gasteiger partial charge on any atom is -0.371 e. The largest absolute Gasteiger partial charge is 0.371 e. The zero-order valence-corrected chi connectivity index (χ0v) is 11.7. The highest BCUT2D eigenvalue weighted by molar-refractivity contribution is 6.05. The summed E-state index contributed by atoms with van der Waals surface area (Å²) in [6, 6.07) is 7.29. The lowest BCUT2D eigenvalue weighted by Gasteiger charge is -2.30. The van der Waals surface area contributed by atoms with Crippen molar-refractivity contribution in [2.24, 2.45) is 0 Å². The van der Waals surface area contributed by atoms with Crippen LogP contribution >= 0.6 is 0 Å². The molecule has 2 aliphatic heterocycles. The van der Waals surface area contributed by atoms with Gasteiger partial charge in [0.1, 0.15) is 5.78 Å². The van der Waals surface area contributed by atoms with Crippen LogP contribution in [0.25, 0.3) is 0 Å². The van der Waals surface area contributed by atoms with Gasteiger partial charge in [-0.05, 0) is 24.3 Å². The molecule has 3 amide bonds. The topological polar surface area (TPSA) is 69.7 Å². The molecule has 2 heterocycles. The fourth-order valence-corrected chi connectivity index (χ4v) is 2.67. The van der Waals surface area contributed by atoms with Crippen LogP contribution in [-0.4, -0.2) is 37.4 Å². The minimum atomic E-state index is -0.373. The van der Waals surface area contributed by atoms with E-state index in [1.807, 2.05) is 24.3 Å². The summed E-state index contributed by atoms with van der Waals surface area (Å²) >= 11 is 0. The molecule has 0 radical (unpaired) electrons. The lowest BCUT2D eigenvalue weighted by atomic mass is 10.1. The average molecular weight is 287 g/mol. The number of imide groups is 1. The molecular formula is C15H17N3O3. The number of nitrogens with one attached hydrogen (secondary N) is 1. The van der Waals surface area contributed by atoms with Gasteiger partial charge >= 0.3 is 6.03 Å². The normalized spacial score (nSPS) is 19.7. The van der Waals surface area contributed by atoms with Crippen molar-refractivity contribution in [3.63, 3.8) is 0 Å². The van der Waals surface area contributed by atoms with Gasteiger partial charge in [-0.3, -0.25) is 19.8 Å². The van der Waals surface area contributed by atoms with Crippen LogP contribution in [0.1, 0.15) is 19.3 Å². The second-order valence-corrected chi connectivity index (χ2v) is 5.30. The number of nitrogens with zero attached hydrogens (tertiary/aromatic N) is 2. The molecule has 21 heavy (non-hydrogen) atoms. The average Bonchev–Trinajstić information content (AvgIpc) is 2.48. The molecule has 6 nitrogen and oxygen atoms in total. The second kappa shape index (κ2) is 5.55. The summed E-state index contributed by atoms with van der Waals surface area (Å²) in [4.78, 5) is 37.9. The summed E-state index contributed by atoms with van der Waals surface area (Å²) in [7, 11) is 0. The predicted octanol–water partition coefficient (Wildman–Crippen LogP) is 1.30. The molecule has 110 valence electrons. The molecule has 1 aromatic rings. The first-order valence-electron chi connectivity index (χ1n) is 7.11. The molecule has 0 aromatic heterocycles. The number of Topliss-reactive ketones (excluding diaryl/α,β-unsaturated/α-hetero) is 1. The number of carbonyl (C=O) groups excluding carboxylic acids is 3. The van der Waals surface area contributed by atoms with E-state index in [9.17, 15) is 14.4 Å². The third-order valence-corrected chi connectivity index (χ3v) is 3.90. The third kappa shape index (κ3) is 2.89. The van der Waals surface area contributed by atoms with E-state index in [-0.39, 0.29) is 11.9 Å². The maximum absolute atomic E-state index is 11.8. The summed E-state index contributed by atoms with van der Waals surface area (Å²) in [5.74, 6) is 0.0865. The van der Waals surface area contributed by atoms with Gasteiger partial charge < -0.3 is 4.90 Å². The van der Waals surface area contributed by atoms with Crippen molar-refractivity contribution in [1.82, 2.24) is 5.32 Å². The number of amides is 3. The van der Waals surface area contributed by atoms with Crippen LogP contribution in [0.2, 0.25) is 0 Å². The van der Waals surface area contributed by atoms with Crippen molar-refractivity contribution in [3.8, 4) is 0 Å². The van der Waals surface area contributed by atoms with Gasteiger partial charge in [0.05, 0.1) is 0 Å². The quantitative estimate of drug-likeness (QED) is 0.890. The molecule has 6 heteroatoms. The molecule has 0 atom stereocenters. The van der Waals surface area contributed by atoms with Crippen LogP contribution in [0.3, 0.4) is 0 Å². The Balaban J connectivity index is 1.70. The van der Waals surface area contributed by atoms with Gasteiger partial charge in [0, 0.05) is 50.3 Å². The highest BCUT2D eigenvalue weighted by Gasteiger charge is 2.24. The van der Waals surface area contributed by atoms with Gasteiger partial charge in [0.15, 0.2) is 0 Å². The van der Waals surface area contributed by atoms with Crippen molar-refractivity contribution in [2.75, 3.05) is 29.4 Å². The first-order valence-corrected chi connectivity index (χ1v) is 7.11. The first-order chi connectivity index (χ1) is 10.1. The second-order valence-electron chi connectivity index (χ2n) is 5.30. The molecule has 0 aliphatic carbocycles. The molecule has 2 fully saturated rings. The first kappa shape index (κ1) is 13.6. The van der Waals surface area contributed by atoms with Gasteiger partial charge in [0.25, 0.3) is 0 Å². The van der Waals surface area contributed by atoms with Gasteiger partial charge in [0.2, 0.25) is 5.91 Å². The summed E-state index contributed by atoms with van der Waals surface area (Å²) in [5, 5.41) is 2.31. The molecule has 0 unspecified atom stereocenters. The molecule has 2 saturated heterocycles. The zero-order valence-electron chi connectivity index (χ0n) is 11.7. The zero-order chi connectivity index (χ0) is 14.8. The van der Waals surface area contributed by atoms with Gasteiger partial charge in [-0.15, -0.1) is 0 Å². The number of carbonyl (C=O) groups is 3. The van der Waals surface area contributed by atoms with E-state index in [4.69, 9.17) is 0 Å². The number of urea groups is 1. The third-order valence-electron chi connectivity index (χ3n) is 3.90. The summed E-state index contributed by atoms with van der Waals surface area (Å²) in [6.45, 7) is 1.90. The predicted molar refractivity (Wildman–Crippen MR) is 78.4 cm³/mol. The fourth-order valence-electron chi connectivity index (χ4n) is 2.67. The van der Waals surface area contributed by atoms with Crippen LogP contribution in [0, 0.1) is 0 Å². The van der Waals surface area contributed by atoms with Crippen molar-refractivity contribution in [3.05, 3.63) is 24.3 Å². The SMILES string of the molecule is O=C1CCN(c2ccc(N3CCC(=O)NC3=O)cc2)CC1. The number of hydrogen-bond acceptors (Lipinski definition) is 4. The van der Waals surface area contributed by atoms with Crippen LogP contribution < -0.4 is 15.1 Å². The van der Waals surface area contributed by atoms with Crippen molar-refractivity contribution in [2.45, 2.75) is 19.3 Å². The highest BCUT2D eigenvalue weighted by atomic mass is 16.2. The number of hydrogen-bond donors (Lipinski definition) is 1. The van der Waals surface area contributed by atoms with Crippen molar-refractivity contribution >= 4 is 29.1 Å². The van der Waals surface area contributed by atoms with Crippen molar-refractivity contribution < 1.29 is 14.4 Å². The standard InChI is InChI=1S/C15H17N3O3/c19-13-5-8-17(9-6-13)11-1-3-12(4-2-11)18-10-7-14(20)16-15(18)21/h1-4H,5-10H2,(H,16,20,21). The lowest BCUT2D eigenvalue weighted by Crippen LogP contribution is -2.49. The summed E-state index contributed by atoms with van der Waals surface area (Å²) < 4.78 is 0. The van der Waals surface area contributed by atoms with Crippen LogP contribution in [-0.2, 0) is 9.59 Å². The van der Waals surface area contributed by atoms with E-state index in [1.165, 1.54) is 0 Å². The molecule has 2 aliphatic rings. The molecule has 1 aromatic carbocycles. The monoisotopic (exact) mass is 287 g/mol. The Bertz CT molecular complexity index is 572. The number of piperidine rings is 1. The van der Waals surface area contributed by atoms with Crippen LogP contribution in [0.15, 0.2) is 24.3 Å². The minimum absolute atomic E-state index is 0.231. The molecule has 0 saturated carbocycles. The Labute approximate surface area is 122 Å². The van der Waals surface area contributed by atoms with E-state index < -0.39 is 0 Å². The van der Waals surface area contributed by atoms with Gasteiger partial charge in [-0.1, -0.05) is 0 Å². The molecule has 1 N–H and O–H groups in total. The Hall–Kier alpha value is -2.37. The maximum atomic E-state index is 11.8. The van der Waals surface area contributed by atoms with Crippen LogP contribution in [0.4, 0.5) is 16.2 Å². The smallest absolute Gasteiger partial charge is 0.328 e.